The van der Waals surface area contributed by atoms with E-state index in [1.165, 1.54) is 68.1 Å². The van der Waals surface area contributed by atoms with E-state index in [4.69, 9.17) is 0 Å². The molecule has 0 radical (unpaired) electrons. The maximum atomic E-state index is 11.5. The Bertz CT molecular complexity index is 1550. The Labute approximate surface area is 287 Å². The smallest absolute Gasteiger partial charge is 0.335 e. The highest BCUT2D eigenvalue weighted by atomic mass is 32.1. The minimum atomic E-state index is -0.858. The minimum Gasteiger partial charge on any atom is -0.478 e. The number of hydrogen-bond donors (Lipinski definition) is 3. The standard InChI is InChI=1S/C41H57N3O2S/c1-26(2)29-14-19-41(44-23-22-42-36-43-24-25-47-36)21-20-39(6)31(34(29)41)12-13-33-38(5)17-15-30(27-8-10-28(11-9-27)35(45)46)37(3,4)32(38)16-18-40(33,39)7/h8-11,15,24-25,29,31-34,44H,1,12-14,16-23H2,2-7H3,(H,42,43)(H,45,46)/t29-,31+,32-,33+,34+,38-,39+,40+,41-/m0/s1. The molecule has 0 amide bonds. The van der Waals surface area contributed by atoms with E-state index in [1.54, 1.807) is 23.5 Å². The maximum Gasteiger partial charge on any atom is 0.335 e. The SMILES string of the molecule is C=C(C)[C@@H]1CC[C@]2(NCCNc3nccs3)CC[C@]3(C)[C@H](CC[C@@H]4[C@@]5(C)CC=C(c6ccc(C(=O)O)cc6)C(C)(C)[C@@H]5CC[C@]43C)[C@@H]12. The van der Waals surface area contributed by atoms with Crippen molar-refractivity contribution in [3.63, 3.8) is 0 Å². The van der Waals surface area contributed by atoms with Gasteiger partial charge in [-0.25, -0.2) is 9.78 Å². The van der Waals surface area contributed by atoms with Gasteiger partial charge in [-0.2, -0.15) is 0 Å². The van der Waals surface area contributed by atoms with Crippen molar-refractivity contribution >= 4 is 28.0 Å². The minimum absolute atomic E-state index is 0.0334. The zero-order chi connectivity index (χ0) is 33.4. The van der Waals surface area contributed by atoms with Crippen molar-refractivity contribution in [2.45, 2.75) is 105 Å². The van der Waals surface area contributed by atoms with Crippen molar-refractivity contribution in [1.29, 1.82) is 0 Å². The molecule has 1 aromatic heterocycles. The number of carboxylic acids is 1. The van der Waals surface area contributed by atoms with E-state index in [0.717, 1.165) is 30.6 Å². The molecule has 47 heavy (non-hydrogen) atoms. The van der Waals surface area contributed by atoms with E-state index < -0.39 is 5.97 Å². The number of carbonyl (C=O) groups is 1. The second-order valence-corrected chi connectivity index (χ2v) is 18.4. The Kier molecular flexibility index (Phi) is 8.15. The molecule has 0 unspecified atom stereocenters. The first kappa shape index (κ1) is 33.1. The highest BCUT2D eigenvalue weighted by Gasteiger charge is 2.70. The maximum absolute atomic E-state index is 11.5. The number of allylic oxidation sites excluding steroid dienone is 3. The van der Waals surface area contributed by atoms with Crippen LogP contribution < -0.4 is 10.6 Å². The summed E-state index contributed by atoms with van der Waals surface area (Å²) >= 11 is 1.68. The number of aromatic carboxylic acids is 1. The van der Waals surface area contributed by atoms with E-state index in [0.29, 0.717) is 40.1 Å². The zero-order valence-corrected chi connectivity index (χ0v) is 30.4. The van der Waals surface area contributed by atoms with Crippen LogP contribution in [0.1, 0.15) is 115 Å². The average Bonchev–Trinajstić information content (AvgIpc) is 3.68. The quantitative estimate of drug-likeness (QED) is 0.195. The van der Waals surface area contributed by atoms with Gasteiger partial charge in [0.2, 0.25) is 0 Å². The van der Waals surface area contributed by atoms with Gasteiger partial charge in [-0.1, -0.05) is 65.0 Å². The molecular weight excluding hydrogens is 599 g/mol. The Balaban J connectivity index is 1.17. The van der Waals surface area contributed by atoms with Gasteiger partial charge in [-0.05, 0) is 139 Å². The van der Waals surface area contributed by atoms with Gasteiger partial charge >= 0.3 is 5.97 Å². The van der Waals surface area contributed by atoms with Crippen molar-refractivity contribution < 1.29 is 9.90 Å². The fourth-order valence-corrected chi connectivity index (χ4v) is 13.7. The van der Waals surface area contributed by atoms with Crippen LogP contribution in [0, 0.1) is 51.2 Å². The van der Waals surface area contributed by atoms with Crippen LogP contribution in [0.4, 0.5) is 5.13 Å². The van der Waals surface area contributed by atoms with Crippen molar-refractivity contribution in [1.82, 2.24) is 10.3 Å². The summed E-state index contributed by atoms with van der Waals surface area (Å²) in [6.07, 6.45) is 15.9. The fourth-order valence-electron chi connectivity index (χ4n) is 13.1. The van der Waals surface area contributed by atoms with Crippen molar-refractivity contribution in [2.24, 2.45) is 51.2 Å². The Hall–Kier alpha value is -2.44. The molecule has 0 spiro atoms. The van der Waals surface area contributed by atoms with Gasteiger partial charge in [0.15, 0.2) is 5.13 Å². The van der Waals surface area contributed by atoms with Gasteiger partial charge in [-0.15, -0.1) is 11.3 Å². The second kappa shape index (κ2) is 11.6. The molecule has 2 aromatic rings. The molecule has 6 heteroatoms. The first-order valence-electron chi connectivity index (χ1n) is 18.3. The third kappa shape index (κ3) is 4.93. The van der Waals surface area contributed by atoms with Gasteiger partial charge in [-0.3, -0.25) is 0 Å². The lowest BCUT2D eigenvalue weighted by atomic mass is 9.33. The van der Waals surface area contributed by atoms with Gasteiger partial charge in [0.05, 0.1) is 5.56 Å². The molecule has 4 fully saturated rings. The molecule has 5 aliphatic carbocycles. The Morgan fingerprint density at radius 1 is 0.957 bits per heavy atom. The molecule has 254 valence electrons. The molecule has 0 aliphatic heterocycles. The molecule has 0 bridgehead atoms. The first-order chi connectivity index (χ1) is 22.3. The van der Waals surface area contributed by atoms with Crippen molar-refractivity contribution in [3.8, 4) is 0 Å². The van der Waals surface area contributed by atoms with Crippen LogP contribution in [0.3, 0.4) is 0 Å². The number of thiazole rings is 1. The van der Waals surface area contributed by atoms with Gasteiger partial charge in [0.1, 0.15) is 0 Å². The molecule has 5 nitrogen and oxygen atoms in total. The fraction of sp³-hybridized carbons (Fsp3) is 0.659. The summed E-state index contributed by atoms with van der Waals surface area (Å²) in [7, 11) is 0. The number of nitrogens with zero attached hydrogens (tertiary/aromatic N) is 1. The van der Waals surface area contributed by atoms with E-state index in [-0.39, 0.29) is 16.4 Å². The number of benzene rings is 1. The second-order valence-electron chi connectivity index (χ2n) is 17.5. The van der Waals surface area contributed by atoms with Crippen LogP contribution in [0.15, 0.2) is 54.1 Å². The predicted molar refractivity (Wildman–Crippen MR) is 195 cm³/mol. The lowest BCUT2D eigenvalue weighted by Crippen LogP contribution is -2.68. The average molecular weight is 656 g/mol. The Morgan fingerprint density at radius 3 is 2.40 bits per heavy atom. The molecule has 7 rings (SSSR count). The summed E-state index contributed by atoms with van der Waals surface area (Å²) in [5, 5.41) is 20.3. The van der Waals surface area contributed by atoms with Gasteiger partial charge < -0.3 is 15.7 Å². The summed E-state index contributed by atoms with van der Waals surface area (Å²) < 4.78 is 0. The third-order valence-electron chi connectivity index (χ3n) is 15.4. The van der Waals surface area contributed by atoms with Crippen LogP contribution in [0.25, 0.3) is 5.57 Å². The summed E-state index contributed by atoms with van der Waals surface area (Å²) in [6.45, 7) is 21.8. The first-order valence-corrected chi connectivity index (χ1v) is 19.2. The van der Waals surface area contributed by atoms with E-state index in [1.807, 2.05) is 23.7 Å². The molecule has 3 N–H and O–H groups in total. The summed E-state index contributed by atoms with van der Waals surface area (Å²) in [5.74, 6) is 2.44. The highest BCUT2D eigenvalue weighted by molar-refractivity contribution is 7.13. The number of fused-ring (bicyclic) bond motifs is 7. The third-order valence-corrected chi connectivity index (χ3v) is 16.1. The molecule has 1 heterocycles. The van der Waals surface area contributed by atoms with Crippen LogP contribution in [0.2, 0.25) is 0 Å². The topological polar surface area (TPSA) is 74.2 Å². The molecule has 1 aromatic carbocycles. The van der Waals surface area contributed by atoms with E-state index >= 15 is 0 Å². The monoisotopic (exact) mass is 655 g/mol. The molecular formula is C41H57N3O2S. The molecule has 5 aliphatic rings. The van der Waals surface area contributed by atoms with Crippen LogP contribution in [-0.2, 0) is 0 Å². The zero-order valence-electron chi connectivity index (χ0n) is 29.6. The van der Waals surface area contributed by atoms with Crippen LogP contribution in [-0.4, -0.2) is 34.7 Å². The van der Waals surface area contributed by atoms with E-state index in [2.05, 4.69) is 69.8 Å². The summed E-state index contributed by atoms with van der Waals surface area (Å²) in [4.78, 5) is 16.0. The molecule has 4 saturated carbocycles. The number of aromatic nitrogens is 1. The number of nitrogens with one attached hydrogen (secondary N) is 2. The highest BCUT2D eigenvalue weighted by Crippen LogP contribution is 2.76. The lowest BCUT2D eigenvalue weighted by molar-refractivity contribution is -0.219. The number of rotatable bonds is 8. The van der Waals surface area contributed by atoms with Crippen LogP contribution in [0.5, 0.6) is 0 Å². The Morgan fingerprint density at radius 2 is 1.72 bits per heavy atom. The lowest BCUT2D eigenvalue weighted by Gasteiger charge is -2.72. The number of carboxylic acid groups (broad SMARTS) is 1. The normalized spacial score (nSPS) is 40.3. The number of anilines is 1. The van der Waals surface area contributed by atoms with Gasteiger partial charge in [0, 0.05) is 30.2 Å². The summed E-state index contributed by atoms with van der Waals surface area (Å²) in [6, 6.07) is 7.63. The van der Waals surface area contributed by atoms with Crippen LogP contribution >= 0.6 is 11.3 Å². The predicted octanol–water partition coefficient (Wildman–Crippen LogP) is 9.95. The van der Waals surface area contributed by atoms with E-state index in [9.17, 15) is 9.90 Å². The summed E-state index contributed by atoms with van der Waals surface area (Å²) in [5.41, 5.74) is 5.49. The largest absolute Gasteiger partial charge is 0.478 e. The molecule has 9 atom stereocenters. The van der Waals surface area contributed by atoms with Crippen molar-refractivity contribution in [3.05, 3.63) is 65.2 Å². The number of hydrogen-bond acceptors (Lipinski definition) is 5. The molecule has 0 saturated heterocycles. The van der Waals surface area contributed by atoms with Crippen molar-refractivity contribution in [2.75, 3.05) is 18.4 Å². The van der Waals surface area contributed by atoms with Gasteiger partial charge in [0.25, 0.3) is 0 Å².